The SMILES string of the molecule is COc1ccc(C(O)=C2C(=O)C(=O)N(c3nc4c(C)cc(C)cc4s3)[C@@H]2c2cccc(OC)c2OC)cc1. The van der Waals surface area contributed by atoms with E-state index in [0.29, 0.717) is 33.5 Å². The van der Waals surface area contributed by atoms with E-state index in [-0.39, 0.29) is 11.3 Å². The van der Waals surface area contributed by atoms with E-state index in [4.69, 9.17) is 19.2 Å². The molecule has 1 fully saturated rings. The molecule has 0 saturated carbocycles. The maximum absolute atomic E-state index is 13.6. The fourth-order valence-corrected chi connectivity index (χ4v) is 5.99. The lowest BCUT2D eigenvalue weighted by Gasteiger charge is -2.25. The van der Waals surface area contributed by atoms with Crippen LogP contribution >= 0.6 is 11.3 Å². The molecule has 0 spiro atoms. The van der Waals surface area contributed by atoms with Crippen LogP contribution in [0.15, 0.2) is 60.2 Å². The van der Waals surface area contributed by atoms with E-state index in [2.05, 4.69) is 0 Å². The predicted molar refractivity (Wildman–Crippen MR) is 146 cm³/mol. The van der Waals surface area contributed by atoms with Crippen molar-refractivity contribution in [3.05, 3.63) is 82.4 Å². The first-order valence-electron chi connectivity index (χ1n) is 11.8. The first-order chi connectivity index (χ1) is 18.3. The standard InChI is InChI=1S/C29H26N2O6S/c1-15-13-16(2)23-21(14-15)38-29(30-23)31-24(19-7-6-8-20(36-4)27(19)37-5)22(26(33)28(31)34)25(32)17-9-11-18(35-3)12-10-17/h6-14,24,32H,1-5H3/t24-/m1/s1. The molecule has 0 bridgehead atoms. The normalized spacial score (nSPS) is 16.8. The van der Waals surface area contributed by atoms with Crippen LogP contribution in [0.1, 0.15) is 28.3 Å². The highest BCUT2D eigenvalue weighted by Crippen LogP contribution is 2.48. The van der Waals surface area contributed by atoms with Crippen molar-refractivity contribution in [2.75, 3.05) is 26.2 Å². The zero-order valence-corrected chi connectivity index (χ0v) is 22.4. The Kier molecular flexibility index (Phi) is 6.54. The first kappa shape index (κ1) is 25.3. The molecule has 2 heterocycles. The summed E-state index contributed by atoms with van der Waals surface area (Å²) in [6, 6.07) is 14.8. The Hall–Kier alpha value is -4.37. The number of nitrogens with zero attached hydrogens (tertiary/aromatic N) is 2. The van der Waals surface area contributed by atoms with Crippen molar-refractivity contribution in [3.63, 3.8) is 0 Å². The lowest BCUT2D eigenvalue weighted by molar-refractivity contribution is -0.132. The fraction of sp³-hybridized carbons (Fsp3) is 0.207. The van der Waals surface area contributed by atoms with Gasteiger partial charge in [0.2, 0.25) is 0 Å². The van der Waals surface area contributed by atoms with Crippen LogP contribution in [-0.4, -0.2) is 43.1 Å². The highest BCUT2D eigenvalue weighted by Gasteiger charge is 2.49. The highest BCUT2D eigenvalue weighted by molar-refractivity contribution is 7.22. The third-order valence-corrected chi connectivity index (χ3v) is 7.56. The van der Waals surface area contributed by atoms with Crippen LogP contribution in [0.5, 0.6) is 17.2 Å². The molecule has 1 amide bonds. The number of hydrogen-bond acceptors (Lipinski definition) is 8. The summed E-state index contributed by atoms with van der Waals surface area (Å²) in [5.41, 5.74) is 3.56. The van der Waals surface area contributed by atoms with Gasteiger partial charge in [-0.25, -0.2) is 4.98 Å². The van der Waals surface area contributed by atoms with Crippen molar-refractivity contribution >= 4 is 44.1 Å². The van der Waals surface area contributed by atoms with Gasteiger partial charge < -0.3 is 19.3 Å². The van der Waals surface area contributed by atoms with Crippen LogP contribution in [0.4, 0.5) is 5.13 Å². The maximum atomic E-state index is 13.6. The van der Waals surface area contributed by atoms with Crippen LogP contribution in [0, 0.1) is 13.8 Å². The van der Waals surface area contributed by atoms with E-state index < -0.39 is 17.7 Å². The van der Waals surface area contributed by atoms with Gasteiger partial charge in [0.25, 0.3) is 5.78 Å². The molecule has 1 saturated heterocycles. The van der Waals surface area contributed by atoms with Gasteiger partial charge in [-0.3, -0.25) is 14.5 Å². The molecule has 5 rings (SSSR count). The predicted octanol–water partition coefficient (Wildman–Crippen LogP) is 5.57. The number of fused-ring (bicyclic) bond motifs is 1. The van der Waals surface area contributed by atoms with E-state index in [1.165, 1.54) is 37.6 Å². The van der Waals surface area contributed by atoms with Gasteiger partial charge in [-0.05, 0) is 61.4 Å². The molecule has 38 heavy (non-hydrogen) atoms. The Morgan fingerprint density at radius 1 is 0.974 bits per heavy atom. The van der Waals surface area contributed by atoms with E-state index in [0.717, 1.165) is 21.3 Å². The summed E-state index contributed by atoms with van der Waals surface area (Å²) >= 11 is 1.31. The molecule has 1 N–H and O–H groups in total. The van der Waals surface area contributed by atoms with Gasteiger partial charge in [0.05, 0.1) is 37.1 Å². The minimum absolute atomic E-state index is 0.0705. The first-order valence-corrected chi connectivity index (χ1v) is 12.6. The number of aliphatic hydroxyl groups excluding tert-OH is 1. The lowest BCUT2D eigenvalue weighted by Crippen LogP contribution is -2.29. The van der Waals surface area contributed by atoms with Crippen molar-refractivity contribution in [1.82, 2.24) is 4.98 Å². The number of amides is 1. The summed E-state index contributed by atoms with van der Waals surface area (Å²) in [4.78, 5) is 33.3. The van der Waals surface area contributed by atoms with Crippen LogP contribution < -0.4 is 19.1 Å². The second-order valence-electron chi connectivity index (χ2n) is 8.91. The maximum Gasteiger partial charge on any atom is 0.301 e. The fourth-order valence-electron chi connectivity index (χ4n) is 4.82. The average molecular weight is 531 g/mol. The number of para-hydroxylation sites is 1. The molecule has 0 radical (unpaired) electrons. The average Bonchev–Trinajstić information content (AvgIpc) is 3.46. The number of thiazole rings is 1. The Morgan fingerprint density at radius 2 is 1.71 bits per heavy atom. The monoisotopic (exact) mass is 530 g/mol. The highest BCUT2D eigenvalue weighted by atomic mass is 32.1. The molecular formula is C29H26N2O6S. The Balaban J connectivity index is 1.78. The summed E-state index contributed by atoms with van der Waals surface area (Å²) in [7, 11) is 4.53. The van der Waals surface area contributed by atoms with Gasteiger partial charge in [-0.1, -0.05) is 29.5 Å². The summed E-state index contributed by atoms with van der Waals surface area (Å²) < 4.78 is 17.3. The van der Waals surface area contributed by atoms with E-state index in [9.17, 15) is 14.7 Å². The van der Waals surface area contributed by atoms with Crippen LogP contribution in [0.25, 0.3) is 16.0 Å². The molecule has 1 aliphatic heterocycles. The van der Waals surface area contributed by atoms with E-state index in [1.54, 1.807) is 42.5 Å². The number of hydrogen-bond donors (Lipinski definition) is 1. The molecule has 9 heteroatoms. The van der Waals surface area contributed by atoms with Crippen molar-refractivity contribution in [1.29, 1.82) is 0 Å². The van der Waals surface area contributed by atoms with Crippen LogP contribution in [-0.2, 0) is 9.59 Å². The van der Waals surface area contributed by atoms with Gasteiger partial charge in [0.1, 0.15) is 17.6 Å². The minimum atomic E-state index is -1.01. The third kappa shape index (κ3) is 4.05. The van der Waals surface area contributed by atoms with Crippen LogP contribution in [0.2, 0.25) is 0 Å². The zero-order chi connectivity index (χ0) is 27.1. The van der Waals surface area contributed by atoms with Crippen molar-refractivity contribution in [2.24, 2.45) is 0 Å². The van der Waals surface area contributed by atoms with E-state index >= 15 is 0 Å². The Labute approximate surface area is 223 Å². The number of carbonyl (C=O) groups excluding carboxylic acids is 2. The molecule has 194 valence electrons. The molecule has 0 unspecified atom stereocenters. The number of anilines is 1. The summed E-state index contributed by atoms with van der Waals surface area (Å²) in [5, 5.41) is 11.8. The number of ether oxygens (including phenoxy) is 3. The van der Waals surface area contributed by atoms with Gasteiger partial charge >= 0.3 is 5.91 Å². The Bertz CT molecular complexity index is 1610. The number of rotatable bonds is 6. The molecule has 1 atom stereocenters. The number of carbonyl (C=O) groups is 2. The third-order valence-electron chi connectivity index (χ3n) is 6.56. The number of benzene rings is 3. The molecule has 3 aromatic carbocycles. The number of methoxy groups -OCH3 is 3. The summed E-state index contributed by atoms with van der Waals surface area (Å²) in [6.45, 7) is 3.95. The lowest BCUT2D eigenvalue weighted by atomic mass is 9.94. The van der Waals surface area contributed by atoms with Crippen molar-refractivity contribution in [2.45, 2.75) is 19.9 Å². The molecule has 8 nitrogen and oxygen atoms in total. The number of aliphatic hydroxyl groups is 1. The number of ketones is 1. The number of aromatic nitrogens is 1. The number of aryl methyl sites for hydroxylation is 2. The van der Waals surface area contributed by atoms with E-state index in [1.807, 2.05) is 26.0 Å². The summed E-state index contributed by atoms with van der Waals surface area (Å²) in [5.74, 6) is -0.551. The largest absolute Gasteiger partial charge is 0.507 e. The topological polar surface area (TPSA) is 98.2 Å². The minimum Gasteiger partial charge on any atom is -0.507 e. The molecule has 1 aliphatic rings. The Morgan fingerprint density at radius 3 is 2.37 bits per heavy atom. The quantitative estimate of drug-likeness (QED) is 0.198. The second-order valence-corrected chi connectivity index (χ2v) is 9.91. The molecule has 1 aromatic heterocycles. The molecule has 4 aromatic rings. The van der Waals surface area contributed by atoms with Crippen molar-refractivity contribution < 1.29 is 28.9 Å². The van der Waals surface area contributed by atoms with Gasteiger partial charge in [0.15, 0.2) is 16.6 Å². The zero-order valence-electron chi connectivity index (χ0n) is 21.6. The van der Waals surface area contributed by atoms with Gasteiger partial charge in [0, 0.05) is 11.1 Å². The van der Waals surface area contributed by atoms with Crippen molar-refractivity contribution in [3.8, 4) is 17.2 Å². The molecule has 0 aliphatic carbocycles. The smallest absolute Gasteiger partial charge is 0.301 e. The molecular weight excluding hydrogens is 504 g/mol. The second kappa shape index (κ2) is 9.83. The van der Waals surface area contributed by atoms with Gasteiger partial charge in [-0.15, -0.1) is 0 Å². The number of Topliss-reactive ketones (excluding diaryl/α,β-unsaturated/α-hetero) is 1. The van der Waals surface area contributed by atoms with Crippen LogP contribution in [0.3, 0.4) is 0 Å². The van der Waals surface area contributed by atoms with Gasteiger partial charge in [-0.2, -0.15) is 0 Å². The summed E-state index contributed by atoms with van der Waals surface area (Å²) in [6.07, 6.45) is 0.